The lowest BCUT2D eigenvalue weighted by molar-refractivity contribution is -0.157. The molecule has 1 rings (SSSR count). The molecule has 0 aliphatic rings. The minimum atomic E-state index is -0.493. The molecule has 0 bridgehead atoms. The number of aryl methyl sites for hydroxylation is 1. The van der Waals surface area contributed by atoms with E-state index >= 15 is 0 Å². The largest absolute Gasteiger partial charge is 0.482 e. The Morgan fingerprint density at radius 3 is 2.67 bits per heavy atom. The van der Waals surface area contributed by atoms with Crippen LogP contribution in [-0.4, -0.2) is 23.9 Å². The number of ether oxygens (including phenoxy) is 2. The molecule has 3 nitrogen and oxygen atoms in total. The maximum absolute atomic E-state index is 11.6. The van der Waals surface area contributed by atoms with E-state index in [4.69, 9.17) is 15.9 Å². The van der Waals surface area contributed by atoms with Gasteiger partial charge in [0.2, 0.25) is 0 Å². The number of carbonyl (C=O) groups excluding carboxylic acids is 1. The highest BCUT2D eigenvalue weighted by Crippen LogP contribution is 2.26. The van der Waals surface area contributed by atoms with Gasteiger partial charge in [-0.05, 0) is 51.5 Å². The Balaban J connectivity index is 2.53. The summed E-state index contributed by atoms with van der Waals surface area (Å²) in [6.45, 7) is 7.37. The summed E-state index contributed by atoms with van der Waals surface area (Å²) in [7, 11) is 0. The standard InChI is InChI=1S/C17H22O3S/c1-6-7-10-21-14-8-9-15(13(2)11-14)19-12-16(18)20-17(3,4)5/h1,8-9,11H,7,10,12H2,2-5H3. The first-order valence-corrected chi connectivity index (χ1v) is 7.82. The molecule has 0 aliphatic carbocycles. The number of carbonyl (C=O) groups is 1. The molecule has 0 aliphatic heterocycles. The quantitative estimate of drug-likeness (QED) is 0.346. The topological polar surface area (TPSA) is 35.5 Å². The molecular formula is C17H22O3S. The molecule has 0 fully saturated rings. The van der Waals surface area contributed by atoms with Crippen LogP contribution in [0.4, 0.5) is 0 Å². The van der Waals surface area contributed by atoms with Crippen molar-refractivity contribution in [3.63, 3.8) is 0 Å². The first kappa shape index (κ1) is 17.5. The van der Waals surface area contributed by atoms with Gasteiger partial charge in [-0.2, -0.15) is 0 Å². The minimum absolute atomic E-state index is 0.0817. The highest BCUT2D eigenvalue weighted by Gasteiger charge is 2.16. The number of esters is 1. The first-order valence-electron chi connectivity index (χ1n) is 6.83. The third-order valence-electron chi connectivity index (χ3n) is 2.43. The lowest BCUT2D eigenvalue weighted by atomic mass is 10.2. The molecule has 0 saturated carbocycles. The molecule has 0 unspecified atom stereocenters. The SMILES string of the molecule is C#CCCSc1ccc(OCC(=O)OC(C)(C)C)c(C)c1. The summed E-state index contributed by atoms with van der Waals surface area (Å²) >= 11 is 1.71. The van der Waals surface area contributed by atoms with Crippen molar-refractivity contribution in [2.75, 3.05) is 12.4 Å². The summed E-state index contributed by atoms with van der Waals surface area (Å²) in [6.07, 6.45) is 5.98. The molecule has 0 saturated heterocycles. The van der Waals surface area contributed by atoms with Gasteiger partial charge in [0, 0.05) is 17.1 Å². The van der Waals surface area contributed by atoms with E-state index in [1.54, 1.807) is 11.8 Å². The fourth-order valence-corrected chi connectivity index (χ4v) is 2.49. The van der Waals surface area contributed by atoms with E-state index < -0.39 is 5.60 Å². The Hall–Kier alpha value is -1.60. The highest BCUT2D eigenvalue weighted by molar-refractivity contribution is 7.99. The van der Waals surface area contributed by atoms with E-state index in [1.165, 1.54) is 0 Å². The summed E-state index contributed by atoms with van der Waals surface area (Å²) < 4.78 is 10.7. The molecule has 4 heteroatoms. The Bertz CT molecular complexity index is 524. The number of terminal acetylenes is 1. The molecule has 21 heavy (non-hydrogen) atoms. The van der Waals surface area contributed by atoms with Gasteiger partial charge < -0.3 is 9.47 Å². The molecule has 1 aromatic carbocycles. The van der Waals surface area contributed by atoms with Crippen LogP contribution in [0.3, 0.4) is 0 Å². The van der Waals surface area contributed by atoms with Crippen LogP contribution in [0, 0.1) is 19.3 Å². The second kappa shape index (κ2) is 7.99. The van der Waals surface area contributed by atoms with Gasteiger partial charge in [0.15, 0.2) is 6.61 Å². The van der Waals surface area contributed by atoms with Crippen LogP contribution in [0.5, 0.6) is 5.75 Å². The molecule has 0 radical (unpaired) electrons. The lowest BCUT2D eigenvalue weighted by Gasteiger charge is -2.19. The minimum Gasteiger partial charge on any atom is -0.482 e. The van der Waals surface area contributed by atoms with Crippen LogP contribution in [0.15, 0.2) is 23.1 Å². The van der Waals surface area contributed by atoms with Crippen molar-refractivity contribution in [1.29, 1.82) is 0 Å². The van der Waals surface area contributed by atoms with Gasteiger partial charge in [0.25, 0.3) is 0 Å². The van der Waals surface area contributed by atoms with Gasteiger partial charge in [-0.25, -0.2) is 4.79 Å². The number of rotatable bonds is 6. The average molecular weight is 306 g/mol. The van der Waals surface area contributed by atoms with Crippen molar-refractivity contribution in [2.45, 2.75) is 44.6 Å². The molecule has 0 spiro atoms. The van der Waals surface area contributed by atoms with Gasteiger partial charge in [0.1, 0.15) is 11.4 Å². The van der Waals surface area contributed by atoms with Gasteiger partial charge in [0.05, 0.1) is 0 Å². The Labute approximate surface area is 131 Å². The van der Waals surface area contributed by atoms with Gasteiger partial charge in [-0.15, -0.1) is 24.1 Å². The molecular weight excluding hydrogens is 284 g/mol. The van der Waals surface area contributed by atoms with Crippen LogP contribution < -0.4 is 4.74 Å². The van der Waals surface area contributed by atoms with E-state index in [1.807, 2.05) is 45.9 Å². The van der Waals surface area contributed by atoms with E-state index in [0.29, 0.717) is 5.75 Å². The van der Waals surface area contributed by atoms with E-state index in [9.17, 15) is 4.79 Å². The summed E-state index contributed by atoms with van der Waals surface area (Å²) in [6, 6.07) is 5.88. The van der Waals surface area contributed by atoms with Gasteiger partial charge in [-0.3, -0.25) is 0 Å². The van der Waals surface area contributed by atoms with Crippen molar-refractivity contribution in [3.05, 3.63) is 23.8 Å². The van der Waals surface area contributed by atoms with Crippen molar-refractivity contribution in [3.8, 4) is 18.1 Å². The van der Waals surface area contributed by atoms with Gasteiger partial charge in [-0.1, -0.05) is 0 Å². The maximum Gasteiger partial charge on any atom is 0.344 e. The maximum atomic E-state index is 11.6. The zero-order valence-corrected chi connectivity index (χ0v) is 13.9. The Morgan fingerprint density at radius 2 is 2.10 bits per heavy atom. The number of benzene rings is 1. The summed E-state index contributed by atoms with van der Waals surface area (Å²) in [5.41, 5.74) is 0.497. The van der Waals surface area contributed by atoms with E-state index in [0.717, 1.165) is 22.6 Å². The zero-order valence-electron chi connectivity index (χ0n) is 13.1. The van der Waals surface area contributed by atoms with Crippen molar-refractivity contribution >= 4 is 17.7 Å². The van der Waals surface area contributed by atoms with E-state index in [2.05, 4.69) is 5.92 Å². The zero-order chi connectivity index (χ0) is 15.9. The first-order chi connectivity index (χ1) is 9.81. The number of hydrogen-bond acceptors (Lipinski definition) is 4. The molecule has 1 aromatic rings. The molecule has 0 aromatic heterocycles. The molecule has 0 atom stereocenters. The Morgan fingerprint density at radius 1 is 1.38 bits per heavy atom. The number of thioether (sulfide) groups is 1. The van der Waals surface area contributed by atoms with Crippen LogP contribution >= 0.6 is 11.8 Å². The monoisotopic (exact) mass is 306 g/mol. The number of hydrogen-bond donors (Lipinski definition) is 0. The van der Waals surface area contributed by atoms with Crippen molar-refractivity contribution < 1.29 is 14.3 Å². The smallest absolute Gasteiger partial charge is 0.344 e. The van der Waals surface area contributed by atoms with Crippen LogP contribution in [0.25, 0.3) is 0 Å². The summed E-state index contributed by atoms with van der Waals surface area (Å²) in [4.78, 5) is 12.8. The predicted molar refractivity (Wildman–Crippen MR) is 86.7 cm³/mol. The second-order valence-corrected chi connectivity index (χ2v) is 6.77. The highest BCUT2D eigenvalue weighted by atomic mass is 32.2. The van der Waals surface area contributed by atoms with Crippen LogP contribution in [-0.2, 0) is 9.53 Å². The third kappa shape index (κ3) is 7.10. The van der Waals surface area contributed by atoms with Crippen LogP contribution in [0.1, 0.15) is 32.8 Å². The molecule has 0 N–H and O–H groups in total. The Kier molecular flexibility index (Phi) is 6.64. The second-order valence-electron chi connectivity index (χ2n) is 5.61. The fraction of sp³-hybridized carbons (Fsp3) is 0.471. The molecule has 0 heterocycles. The summed E-state index contributed by atoms with van der Waals surface area (Å²) in [5.74, 6) is 3.85. The van der Waals surface area contributed by atoms with E-state index in [-0.39, 0.29) is 12.6 Å². The average Bonchev–Trinajstić information content (AvgIpc) is 2.36. The predicted octanol–water partition coefficient (Wildman–Crippen LogP) is 3.83. The molecule has 114 valence electrons. The van der Waals surface area contributed by atoms with Gasteiger partial charge >= 0.3 is 5.97 Å². The normalized spacial score (nSPS) is 10.8. The molecule has 0 amide bonds. The van der Waals surface area contributed by atoms with Crippen molar-refractivity contribution in [2.24, 2.45) is 0 Å². The summed E-state index contributed by atoms with van der Waals surface area (Å²) in [5, 5.41) is 0. The fourth-order valence-electron chi connectivity index (χ4n) is 1.61. The van der Waals surface area contributed by atoms with Crippen LogP contribution in [0.2, 0.25) is 0 Å². The lowest BCUT2D eigenvalue weighted by Crippen LogP contribution is -2.27. The van der Waals surface area contributed by atoms with Crippen molar-refractivity contribution in [1.82, 2.24) is 0 Å². The third-order valence-corrected chi connectivity index (χ3v) is 3.42.